The minimum atomic E-state index is -0.339. The summed E-state index contributed by atoms with van der Waals surface area (Å²) >= 11 is 0. The van der Waals surface area contributed by atoms with Gasteiger partial charge in [-0.3, -0.25) is 14.4 Å². The van der Waals surface area contributed by atoms with Crippen LogP contribution in [0.4, 0.5) is 0 Å². The molecule has 0 aliphatic heterocycles. The molecule has 0 aromatic heterocycles. The summed E-state index contributed by atoms with van der Waals surface area (Å²) in [6.07, 6.45) is 8.97. The molecule has 0 heterocycles. The Morgan fingerprint density at radius 1 is 1.07 bits per heavy atom. The molecule has 0 fully saturated rings. The molecule has 0 saturated heterocycles. The number of rotatable bonds is 13. The monoisotopic (exact) mass is 423 g/mol. The molecule has 8 nitrogen and oxygen atoms in total. The van der Waals surface area contributed by atoms with Gasteiger partial charge in [-0.15, -0.1) is 0 Å². The molecule has 0 saturated carbocycles. The molecule has 0 N–H and O–H groups in total. The van der Waals surface area contributed by atoms with E-state index in [1.807, 2.05) is 12.2 Å². The molecule has 168 valence electrons. The van der Waals surface area contributed by atoms with Gasteiger partial charge in [-0.25, -0.2) is 0 Å². The van der Waals surface area contributed by atoms with Crippen molar-refractivity contribution in [1.29, 1.82) is 0 Å². The number of ether oxygens (including phenoxy) is 3. The molecule has 0 unspecified atom stereocenters. The summed E-state index contributed by atoms with van der Waals surface area (Å²) in [5, 5.41) is 4.08. The van der Waals surface area contributed by atoms with Crippen LogP contribution in [-0.2, 0) is 33.4 Å². The van der Waals surface area contributed by atoms with E-state index in [0.29, 0.717) is 19.4 Å². The Morgan fingerprint density at radius 3 is 2.47 bits per heavy atom. The van der Waals surface area contributed by atoms with Crippen LogP contribution in [0.5, 0.6) is 0 Å². The molecule has 0 spiro atoms. The second kappa shape index (κ2) is 14.4. The van der Waals surface area contributed by atoms with Gasteiger partial charge >= 0.3 is 17.9 Å². The first kappa shape index (κ1) is 25.4. The number of nitrogens with zero attached hydrogens (tertiary/aromatic N) is 1. The Balaban J connectivity index is 2.75. The molecule has 1 atom stereocenters. The van der Waals surface area contributed by atoms with Crippen molar-refractivity contribution in [2.45, 2.75) is 71.3 Å². The van der Waals surface area contributed by atoms with E-state index in [4.69, 9.17) is 19.0 Å². The van der Waals surface area contributed by atoms with Gasteiger partial charge in [0.1, 0.15) is 13.2 Å². The second-order valence-corrected chi connectivity index (χ2v) is 7.00. The summed E-state index contributed by atoms with van der Waals surface area (Å²) in [4.78, 5) is 38.7. The maximum absolute atomic E-state index is 11.5. The highest BCUT2D eigenvalue weighted by atomic mass is 16.6. The van der Waals surface area contributed by atoms with Crippen LogP contribution in [0.3, 0.4) is 0 Å². The van der Waals surface area contributed by atoms with Crippen molar-refractivity contribution in [2.24, 2.45) is 5.16 Å². The number of esters is 3. The summed E-state index contributed by atoms with van der Waals surface area (Å²) in [7, 11) is 2.86. The number of unbranched alkanes of at least 4 members (excludes halogenated alkanes) is 2. The highest BCUT2D eigenvalue weighted by Gasteiger charge is 2.21. The Labute approximate surface area is 178 Å². The highest BCUT2D eigenvalue weighted by Crippen LogP contribution is 2.29. The van der Waals surface area contributed by atoms with Gasteiger partial charge in [0.05, 0.1) is 19.4 Å². The minimum absolute atomic E-state index is 0.265. The normalized spacial score (nSPS) is 16.1. The van der Waals surface area contributed by atoms with Crippen LogP contribution >= 0.6 is 0 Å². The fourth-order valence-corrected chi connectivity index (χ4v) is 3.24. The van der Waals surface area contributed by atoms with Crippen LogP contribution in [0, 0.1) is 0 Å². The van der Waals surface area contributed by atoms with Crippen molar-refractivity contribution < 1.29 is 33.4 Å². The summed E-state index contributed by atoms with van der Waals surface area (Å²) in [5.74, 6) is -0.890. The van der Waals surface area contributed by atoms with E-state index in [0.717, 1.165) is 49.0 Å². The first-order valence-electron chi connectivity index (χ1n) is 10.2. The number of carbonyl (C=O) groups is 3. The number of allylic oxidation sites excluding steroid dienone is 3. The van der Waals surface area contributed by atoms with Crippen molar-refractivity contribution in [3.05, 3.63) is 23.3 Å². The fraction of sp³-hybridized carbons (Fsp3) is 0.636. The zero-order valence-electron chi connectivity index (χ0n) is 18.4. The van der Waals surface area contributed by atoms with Gasteiger partial charge < -0.3 is 19.0 Å². The van der Waals surface area contributed by atoms with E-state index in [1.54, 1.807) is 0 Å². The smallest absolute Gasteiger partial charge is 0.305 e. The molecule has 0 bridgehead atoms. The average molecular weight is 424 g/mol. The highest BCUT2D eigenvalue weighted by molar-refractivity contribution is 6.03. The summed E-state index contributed by atoms with van der Waals surface area (Å²) < 4.78 is 15.1. The molecule has 30 heavy (non-hydrogen) atoms. The molecule has 0 radical (unpaired) electrons. The lowest BCUT2D eigenvalue weighted by Gasteiger charge is -2.13. The Bertz CT molecular complexity index is 679. The summed E-state index contributed by atoms with van der Waals surface area (Å²) in [6.45, 7) is 3.18. The molecule has 1 aliphatic carbocycles. The molecule has 8 heteroatoms. The summed E-state index contributed by atoms with van der Waals surface area (Å²) in [6, 6.07) is 0. The van der Waals surface area contributed by atoms with E-state index < -0.39 is 0 Å². The number of oxime groups is 1. The van der Waals surface area contributed by atoms with Gasteiger partial charge in [-0.2, -0.15) is 0 Å². The lowest BCUT2D eigenvalue weighted by atomic mass is 10.0. The summed E-state index contributed by atoms with van der Waals surface area (Å²) in [5.41, 5.74) is 2.86. The zero-order valence-corrected chi connectivity index (χ0v) is 18.4. The molecule has 1 aliphatic rings. The second-order valence-electron chi connectivity index (χ2n) is 7.00. The third-order valence-electron chi connectivity index (χ3n) is 4.64. The van der Waals surface area contributed by atoms with Gasteiger partial charge in [-0.05, 0) is 62.2 Å². The van der Waals surface area contributed by atoms with Crippen LogP contribution in [0.15, 0.2) is 28.5 Å². The van der Waals surface area contributed by atoms with Gasteiger partial charge in [-0.1, -0.05) is 11.2 Å². The molecule has 1 rings (SSSR count). The maximum atomic E-state index is 11.5. The van der Waals surface area contributed by atoms with Crippen LogP contribution in [-0.4, -0.2) is 50.6 Å². The number of methoxy groups -OCH3 is 1. The largest absolute Gasteiger partial charge is 0.469 e. The van der Waals surface area contributed by atoms with Crippen LogP contribution < -0.4 is 0 Å². The minimum Gasteiger partial charge on any atom is -0.469 e. The predicted octanol–water partition coefficient (Wildman–Crippen LogP) is 3.64. The standard InChI is InChI=1S/C22H33NO7/c1-16(24)29-15-7-5-6-8-19(30-17(2)25)11-9-18-10-13-21(23-28-4)20(18)12-14-22(26)27-3/h9,11,19H,5-8,10,12-15H2,1-4H3/b11-9+,23-21+/t19-/m0/s1. The van der Waals surface area contributed by atoms with Crippen LogP contribution in [0.1, 0.15) is 65.2 Å². The van der Waals surface area contributed by atoms with Crippen molar-refractivity contribution in [3.8, 4) is 0 Å². The zero-order chi connectivity index (χ0) is 22.4. The topological polar surface area (TPSA) is 100 Å². The van der Waals surface area contributed by atoms with Gasteiger partial charge in [0.2, 0.25) is 0 Å². The van der Waals surface area contributed by atoms with E-state index >= 15 is 0 Å². The number of carbonyl (C=O) groups excluding carboxylic acids is 3. The fourth-order valence-electron chi connectivity index (χ4n) is 3.24. The predicted molar refractivity (Wildman–Crippen MR) is 112 cm³/mol. The van der Waals surface area contributed by atoms with Gasteiger partial charge in [0.15, 0.2) is 0 Å². The average Bonchev–Trinajstić information content (AvgIpc) is 3.07. The number of hydrogen-bond acceptors (Lipinski definition) is 8. The molecule has 0 amide bonds. The van der Waals surface area contributed by atoms with Crippen LogP contribution in [0.2, 0.25) is 0 Å². The molecular formula is C22H33NO7. The first-order chi connectivity index (χ1) is 14.4. The van der Waals surface area contributed by atoms with E-state index in [-0.39, 0.29) is 30.4 Å². The maximum Gasteiger partial charge on any atom is 0.305 e. The molecule has 0 aromatic rings. The third kappa shape index (κ3) is 10.2. The third-order valence-corrected chi connectivity index (χ3v) is 4.64. The Kier molecular flexibility index (Phi) is 12.2. The van der Waals surface area contributed by atoms with E-state index in [9.17, 15) is 14.4 Å². The SMILES string of the molecule is CO/N=C1\CCC(/C=C/[C@H](CCCCCOC(C)=O)OC(C)=O)=C1CCC(=O)OC. The Morgan fingerprint density at radius 2 is 1.83 bits per heavy atom. The molecule has 0 aromatic carbocycles. The van der Waals surface area contributed by atoms with Crippen molar-refractivity contribution >= 4 is 23.6 Å². The van der Waals surface area contributed by atoms with Crippen molar-refractivity contribution in [3.63, 3.8) is 0 Å². The van der Waals surface area contributed by atoms with E-state index in [1.165, 1.54) is 28.1 Å². The van der Waals surface area contributed by atoms with Crippen molar-refractivity contribution in [2.75, 3.05) is 20.8 Å². The lowest BCUT2D eigenvalue weighted by Crippen LogP contribution is -2.14. The lowest BCUT2D eigenvalue weighted by molar-refractivity contribution is -0.145. The van der Waals surface area contributed by atoms with Gasteiger partial charge in [0, 0.05) is 20.3 Å². The first-order valence-corrected chi connectivity index (χ1v) is 10.2. The Hall–Kier alpha value is -2.64. The van der Waals surface area contributed by atoms with Gasteiger partial charge in [0.25, 0.3) is 0 Å². The molecular weight excluding hydrogens is 390 g/mol. The van der Waals surface area contributed by atoms with Crippen molar-refractivity contribution in [1.82, 2.24) is 0 Å². The van der Waals surface area contributed by atoms with Crippen LogP contribution in [0.25, 0.3) is 0 Å². The van der Waals surface area contributed by atoms with E-state index in [2.05, 4.69) is 5.16 Å². The number of hydrogen-bond donors (Lipinski definition) is 0. The quantitative estimate of drug-likeness (QED) is 0.193.